The molecule has 0 aromatic heterocycles. The number of nitro benzene ring substituents is 1. The van der Waals surface area contributed by atoms with Crippen molar-refractivity contribution in [2.75, 3.05) is 26.2 Å². The number of amides is 1. The minimum Gasteiger partial charge on any atom is -0.484 e. The predicted octanol–water partition coefficient (Wildman–Crippen LogP) is 1.09. The SMILES string of the molecule is O=C(COc1cccc([N+](=O)[O-])c1)NCCC1CCNC1. The van der Waals surface area contributed by atoms with E-state index in [0.717, 1.165) is 25.9 Å². The first kappa shape index (κ1) is 15.2. The minimum atomic E-state index is -0.497. The van der Waals surface area contributed by atoms with Crippen LogP contribution in [0.25, 0.3) is 0 Å². The number of carbonyl (C=O) groups excluding carboxylic acids is 1. The van der Waals surface area contributed by atoms with Gasteiger partial charge in [0.1, 0.15) is 5.75 Å². The Hall–Kier alpha value is -2.15. The average Bonchev–Trinajstić information content (AvgIpc) is 2.99. The minimum absolute atomic E-state index is 0.0540. The van der Waals surface area contributed by atoms with Crippen LogP contribution in [0.15, 0.2) is 24.3 Å². The summed E-state index contributed by atoms with van der Waals surface area (Å²) in [5.41, 5.74) is -0.0540. The van der Waals surface area contributed by atoms with E-state index in [1.54, 1.807) is 6.07 Å². The highest BCUT2D eigenvalue weighted by molar-refractivity contribution is 5.77. The largest absolute Gasteiger partial charge is 0.484 e. The van der Waals surface area contributed by atoms with Crippen molar-refractivity contribution in [2.24, 2.45) is 5.92 Å². The van der Waals surface area contributed by atoms with Gasteiger partial charge in [-0.3, -0.25) is 14.9 Å². The Balaban J connectivity index is 1.68. The Morgan fingerprint density at radius 3 is 3.10 bits per heavy atom. The Morgan fingerprint density at radius 2 is 2.38 bits per heavy atom. The average molecular weight is 293 g/mol. The summed E-state index contributed by atoms with van der Waals surface area (Å²) in [7, 11) is 0. The molecule has 0 bridgehead atoms. The molecule has 0 saturated carbocycles. The Kier molecular flexibility index (Phi) is 5.51. The molecule has 1 atom stereocenters. The van der Waals surface area contributed by atoms with Gasteiger partial charge < -0.3 is 15.4 Å². The number of rotatable bonds is 7. The molecule has 1 aromatic rings. The highest BCUT2D eigenvalue weighted by Crippen LogP contribution is 2.18. The summed E-state index contributed by atoms with van der Waals surface area (Å²) in [6.45, 7) is 2.56. The second-order valence-corrected chi connectivity index (χ2v) is 5.04. The van der Waals surface area contributed by atoms with Crippen molar-refractivity contribution in [3.05, 3.63) is 34.4 Å². The van der Waals surface area contributed by atoms with Gasteiger partial charge in [-0.25, -0.2) is 0 Å². The Bertz CT molecular complexity index is 501. The summed E-state index contributed by atoms with van der Waals surface area (Å²) in [5, 5.41) is 16.7. The Labute approximate surface area is 122 Å². The molecule has 0 aliphatic carbocycles. The van der Waals surface area contributed by atoms with Gasteiger partial charge in [-0.2, -0.15) is 0 Å². The van der Waals surface area contributed by atoms with Crippen molar-refractivity contribution < 1.29 is 14.5 Å². The lowest BCUT2D eigenvalue weighted by Gasteiger charge is -2.10. The summed E-state index contributed by atoms with van der Waals surface area (Å²) in [4.78, 5) is 21.7. The van der Waals surface area contributed by atoms with Crippen LogP contribution in [0, 0.1) is 16.0 Å². The third kappa shape index (κ3) is 5.03. The van der Waals surface area contributed by atoms with Crippen LogP contribution in [0.1, 0.15) is 12.8 Å². The van der Waals surface area contributed by atoms with E-state index in [-0.39, 0.29) is 18.2 Å². The molecule has 0 radical (unpaired) electrons. The van der Waals surface area contributed by atoms with Crippen molar-refractivity contribution >= 4 is 11.6 Å². The summed E-state index contributed by atoms with van der Waals surface area (Å²) in [6.07, 6.45) is 2.11. The van der Waals surface area contributed by atoms with Crippen molar-refractivity contribution in [1.82, 2.24) is 10.6 Å². The summed E-state index contributed by atoms with van der Waals surface area (Å²) in [6, 6.07) is 5.79. The van der Waals surface area contributed by atoms with Gasteiger partial charge in [-0.1, -0.05) is 6.07 Å². The van der Waals surface area contributed by atoms with E-state index in [2.05, 4.69) is 10.6 Å². The molecule has 0 spiro atoms. The molecular weight excluding hydrogens is 274 g/mol. The van der Waals surface area contributed by atoms with Gasteiger partial charge in [-0.15, -0.1) is 0 Å². The fraction of sp³-hybridized carbons (Fsp3) is 0.500. The van der Waals surface area contributed by atoms with Crippen molar-refractivity contribution in [1.29, 1.82) is 0 Å². The zero-order chi connectivity index (χ0) is 15.1. The molecule has 1 heterocycles. The maximum atomic E-state index is 11.6. The maximum absolute atomic E-state index is 11.6. The van der Waals surface area contributed by atoms with Gasteiger partial charge in [-0.05, 0) is 37.9 Å². The van der Waals surface area contributed by atoms with E-state index in [0.29, 0.717) is 18.2 Å². The second-order valence-electron chi connectivity index (χ2n) is 5.04. The third-order valence-corrected chi connectivity index (χ3v) is 3.44. The van der Waals surface area contributed by atoms with E-state index in [4.69, 9.17) is 4.74 Å². The molecule has 2 rings (SSSR count). The summed E-state index contributed by atoms with van der Waals surface area (Å²) >= 11 is 0. The highest BCUT2D eigenvalue weighted by atomic mass is 16.6. The van der Waals surface area contributed by atoms with Gasteiger partial charge in [0.15, 0.2) is 6.61 Å². The number of non-ortho nitro benzene ring substituents is 1. The quantitative estimate of drug-likeness (QED) is 0.580. The van der Waals surface area contributed by atoms with Gasteiger partial charge >= 0.3 is 0 Å². The monoisotopic (exact) mass is 293 g/mol. The molecule has 1 fully saturated rings. The van der Waals surface area contributed by atoms with Gasteiger partial charge in [0, 0.05) is 12.6 Å². The standard InChI is InChI=1S/C14H19N3O4/c18-14(16-7-5-11-4-6-15-9-11)10-21-13-3-1-2-12(8-13)17(19)20/h1-3,8,11,15H,4-7,9-10H2,(H,16,18). The summed E-state index contributed by atoms with van der Waals surface area (Å²) < 4.78 is 5.25. The van der Waals surface area contributed by atoms with E-state index < -0.39 is 4.92 Å². The number of hydrogen-bond acceptors (Lipinski definition) is 5. The molecular formula is C14H19N3O4. The molecule has 1 aromatic carbocycles. The lowest BCUT2D eigenvalue weighted by molar-refractivity contribution is -0.384. The Morgan fingerprint density at radius 1 is 1.52 bits per heavy atom. The fourth-order valence-corrected chi connectivity index (χ4v) is 2.26. The topological polar surface area (TPSA) is 93.5 Å². The summed E-state index contributed by atoms with van der Waals surface area (Å²) in [5.74, 6) is 0.731. The molecule has 7 nitrogen and oxygen atoms in total. The molecule has 7 heteroatoms. The van der Waals surface area contributed by atoms with E-state index >= 15 is 0 Å². The molecule has 1 amide bonds. The number of ether oxygens (including phenoxy) is 1. The zero-order valence-corrected chi connectivity index (χ0v) is 11.7. The van der Waals surface area contributed by atoms with Crippen molar-refractivity contribution in [3.8, 4) is 5.75 Å². The molecule has 1 unspecified atom stereocenters. The number of benzene rings is 1. The van der Waals surface area contributed by atoms with Gasteiger partial charge in [0.2, 0.25) is 0 Å². The first-order valence-electron chi connectivity index (χ1n) is 7.00. The fourth-order valence-electron chi connectivity index (χ4n) is 2.26. The van der Waals surface area contributed by atoms with Crippen LogP contribution < -0.4 is 15.4 Å². The van der Waals surface area contributed by atoms with Gasteiger partial charge in [0.25, 0.3) is 11.6 Å². The number of nitrogens with one attached hydrogen (secondary N) is 2. The number of carbonyl (C=O) groups is 1. The number of nitrogens with zero attached hydrogens (tertiary/aromatic N) is 1. The lowest BCUT2D eigenvalue weighted by Crippen LogP contribution is -2.30. The highest BCUT2D eigenvalue weighted by Gasteiger charge is 2.14. The molecule has 1 saturated heterocycles. The number of hydrogen-bond donors (Lipinski definition) is 2. The molecule has 2 N–H and O–H groups in total. The molecule has 1 aliphatic heterocycles. The van der Waals surface area contributed by atoms with Crippen LogP contribution in [0.4, 0.5) is 5.69 Å². The van der Waals surface area contributed by atoms with Crippen molar-refractivity contribution in [2.45, 2.75) is 12.8 Å². The van der Waals surface area contributed by atoms with Crippen LogP contribution in [0.2, 0.25) is 0 Å². The van der Waals surface area contributed by atoms with Crippen LogP contribution in [-0.4, -0.2) is 37.1 Å². The van der Waals surface area contributed by atoms with E-state index in [1.807, 2.05) is 0 Å². The first-order chi connectivity index (χ1) is 10.1. The molecule has 114 valence electrons. The number of nitro groups is 1. The first-order valence-corrected chi connectivity index (χ1v) is 7.00. The smallest absolute Gasteiger partial charge is 0.273 e. The predicted molar refractivity (Wildman–Crippen MR) is 77.2 cm³/mol. The molecule has 1 aliphatic rings. The zero-order valence-electron chi connectivity index (χ0n) is 11.7. The lowest BCUT2D eigenvalue weighted by atomic mass is 10.1. The van der Waals surface area contributed by atoms with Crippen LogP contribution in [0.5, 0.6) is 5.75 Å². The normalized spacial score (nSPS) is 17.4. The maximum Gasteiger partial charge on any atom is 0.273 e. The van der Waals surface area contributed by atoms with E-state index in [1.165, 1.54) is 18.2 Å². The van der Waals surface area contributed by atoms with Crippen molar-refractivity contribution in [3.63, 3.8) is 0 Å². The van der Waals surface area contributed by atoms with Gasteiger partial charge in [0.05, 0.1) is 11.0 Å². The van der Waals surface area contributed by atoms with Crippen LogP contribution in [-0.2, 0) is 4.79 Å². The molecule has 21 heavy (non-hydrogen) atoms. The van der Waals surface area contributed by atoms with E-state index in [9.17, 15) is 14.9 Å². The third-order valence-electron chi connectivity index (χ3n) is 3.44. The van der Waals surface area contributed by atoms with Crippen LogP contribution >= 0.6 is 0 Å². The second kappa shape index (κ2) is 7.58. The van der Waals surface area contributed by atoms with Crippen LogP contribution in [0.3, 0.4) is 0 Å².